The van der Waals surface area contributed by atoms with E-state index in [1.54, 1.807) is 0 Å². The monoisotopic (exact) mass is 385 g/mol. The van der Waals surface area contributed by atoms with Gasteiger partial charge in [-0.25, -0.2) is 0 Å². The molecule has 0 aromatic heterocycles. The number of hydrogen-bond acceptors (Lipinski definition) is 10. The van der Waals surface area contributed by atoms with Crippen LogP contribution in [0.15, 0.2) is 0 Å². The minimum absolute atomic E-state index is 0.0771. The van der Waals surface area contributed by atoms with Gasteiger partial charge in [-0.1, -0.05) is 0 Å². The molecule has 0 aromatic rings. The number of rotatable bonds is 7. The van der Waals surface area contributed by atoms with E-state index >= 15 is 0 Å². The lowest BCUT2D eigenvalue weighted by Gasteiger charge is -2.44. The average molecular weight is 385 g/mol. The molecule has 27 heavy (non-hydrogen) atoms. The van der Waals surface area contributed by atoms with Gasteiger partial charge in [-0.05, 0) is 6.42 Å². The van der Waals surface area contributed by atoms with E-state index in [1.807, 2.05) is 6.07 Å². The maximum Gasteiger partial charge on any atom is 0.303 e. The summed E-state index contributed by atoms with van der Waals surface area (Å²) in [4.78, 5) is 45.8. The highest BCUT2D eigenvalue weighted by molar-refractivity contribution is 5.68. The van der Waals surface area contributed by atoms with E-state index in [9.17, 15) is 19.2 Å². The van der Waals surface area contributed by atoms with Crippen LogP contribution in [-0.4, -0.2) is 61.0 Å². The first-order chi connectivity index (χ1) is 12.6. The van der Waals surface area contributed by atoms with Crippen molar-refractivity contribution in [2.45, 2.75) is 71.1 Å². The highest BCUT2D eigenvalue weighted by atomic mass is 16.7. The molecular weight excluding hydrogens is 362 g/mol. The van der Waals surface area contributed by atoms with Gasteiger partial charge in [-0.3, -0.25) is 19.2 Å². The van der Waals surface area contributed by atoms with E-state index in [0.29, 0.717) is 0 Å². The zero-order valence-corrected chi connectivity index (χ0v) is 15.6. The lowest BCUT2D eigenvalue weighted by atomic mass is 9.92. The molecule has 1 heterocycles. The molecule has 0 amide bonds. The van der Waals surface area contributed by atoms with Crippen LogP contribution in [0.1, 0.15) is 40.5 Å². The molecule has 10 nitrogen and oxygen atoms in total. The number of carbonyl (C=O) groups excluding carboxylic acids is 4. The van der Waals surface area contributed by atoms with Gasteiger partial charge in [0.05, 0.1) is 6.07 Å². The second kappa shape index (κ2) is 10.5. The van der Waals surface area contributed by atoms with Gasteiger partial charge in [-0.2, -0.15) is 5.26 Å². The van der Waals surface area contributed by atoms with Gasteiger partial charge in [0.25, 0.3) is 0 Å². The Labute approximate surface area is 156 Å². The molecular formula is C17H23NO9. The van der Waals surface area contributed by atoms with Crippen LogP contribution >= 0.6 is 0 Å². The lowest BCUT2D eigenvalue weighted by molar-refractivity contribution is -0.253. The maximum absolute atomic E-state index is 11.6. The van der Waals surface area contributed by atoms with Crippen LogP contribution in [0.3, 0.4) is 0 Å². The van der Waals surface area contributed by atoms with Crippen molar-refractivity contribution in [2.75, 3.05) is 6.61 Å². The molecule has 1 rings (SSSR count). The highest BCUT2D eigenvalue weighted by Crippen LogP contribution is 2.31. The summed E-state index contributed by atoms with van der Waals surface area (Å²) >= 11 is 0. The van der Waals surface area contributed by atoms with Gasteiger partial charge in [-0.15, -0.1) is 0 Å². The van der Waals surface area contributed by atoms with E-state index in [-0.39, 0.29) is 19.4 Å². The topological polar surface area (TPSA) is 138 Å². The fourth-order valence-corrected chi connectivity index (χ4v) is 2.76. The molecule has 0 radical (unpaired) electrons. The fourth-order valence-electron chi connectivity index (χ4n) is 2.76. The third kappa shape index (κ3) is 7.22. The van der Waals surface area contributed by atoms with E-state index < -0.39 is 54.4 Å². The summed E-state index contributed by atoms with van der Waals surface area (Å²) in [6.07, 6.45) is -5.02. The highest BCUT2D eigenvalue weighted by Gasteiger charge is 2.51. The minimum Gasteiger partial charge on any atom is -0.463 e. The lowest BCUT2D eigenvalue weighted by Crippen LogP contribution is -2.62. The van der Waals surface area contributed by atoms with Crippen molar-refractivity contribution in [3.8, 4) is 6.07 Å². The third-order valence-electron chi connectivity index (χ3n) is 3.63. The van der Waals surface area contributed by atoms with Crippen molar-refractivity contribution in [3.05, 3.63) is 0 Å². The Bertz CT molecular complexity index is 612. The van der Waals surface area contributed by atoms with Gasteiger partial charge in [0.15, 0.2) is 18.3 Å². The molecule has 1 aliphatic heterocycles. The predicted octanol–water partition coefficient (Wildman–Crippen LogP) is 0.416. The normalized spacial score (nSPS) is 27.0. The molecule has 0 saturated carbocycles. The second-order valence-electron chi connectivity index (χ2n) is 5.93. The smallest absolute Gasteiger partial charge is 0.303 e. The Kier molecular flexibility index (Phi) is 8.68. The van der Waals surface area contributed by atoms with Gasteiger partial charge < -0.3 is 23.7 Å². The van der Waals surface area contributed by atoms with Crippen LogP contribution in [0.5, 0.6) is 0 Å². The summed E-state index contributed by atoms with van der Waals surface area (Å²) in [5.41, 5.74) is 0. The van der Waals surface area contributed by atoms with Crippen LogP contribution in [0.25, 0.3) is 0 Å². The van der Waals surface area contributed by atoms with Crippen molar-refractivity contribution in [1.82, 2.24) is 0 Å². The van der Waals surface area contributed by atoms with Crippen LogP contribution in [-0.2, 0) is 42.9 Å². The van der Waals surface area contributed by atoms with Gasteiger partial charge in [0.2, 0.25) is 0 Å². The standard InChI is InChI=1S/C17H23NO9/c1-9(19)23-8-14-16(25-11(3)21)17(26-12(4)22)15(24-10(2)20)13(27-14)6-5-7-18/h13-17H,5-6,8H2,1-4H3/t13-,14+,15-,16+,17+/m0/s1. The van der Waals surface area contributed by atoms with Crippen molar-refractivity contribution >= 4 is 23.9 Å². The third-order valence-corrected chi connectivity index (χ3v) is 3.63. The molecule has 1 fully saturated rings. The molecule has 1 aliphatic rings. The molecule has 10 heteroatoms. The summed E-state index contributed by atoms with van der Waals surface area (Å²) in [6, 6.07) is 1.95. The molecule has 150 valence electrons. The first-order valence-corrected chi connectivity index (χ1v) is 8.33. The zero-order chi connectivity index (χ0) is 20.6. The van der Waals surface area contributed by atoms with Crippen LogP contribution in [0.4, 0.5) is 0 Å². The van der Waals surface area contributed by atoms with Crippen LogP contribution in [0, 0.1) is 11.3 Å². The summed E-state index contributed by atoms with van der Waals surface area (Å²) in [5.74, 6) is -2.63. The molecule has 0 bridgehead atoms. The Balaban J connectivity index is 3.25. The number of ether oxygens (including phenoxy) is 5. The Hall–Kier alpha value is -2.67. The SMILES string of the molecule is CC(=O)OC[C@H]1O[C@@H](CCC#N)[C@H](OC(C)=O)[C@@H](OC(C)=O)[C@@H]1OC(C)=O. The number of hydrogen-bond donors (Lipinski definition) is 0. The molecule has 5 atom stereocenters. The first kappa shape index (κ1) is 22.4. The summed E-state index contributed by atoms with van der Waals surface area (Å²) in [6.45, 7) is 4.38. The van der Waals surface area contributed by atoms with Gasteiger partial charge in [0, 0.05) is 34.1 Å². The summed E-state index contributed by atoms with van der Waals surface area (Å²) in [5, 5.41) is 8.85. The Morgan fingerprint density at radius 2 is 1.30 bits per heavy atom. The Morgan fingerprint density at radius 1 is 0.815 bits per heavy atom. The molecule has 0 unspecified atom stereocenters. The van der Waals surface area contributed by atoms with Gasteiger partial charge in [0.1, 0.15) is 18.8 Å². The quantitative estimate of drug-likeness (QED) is 0.447. The number of nitrogens with zero attached hydrogens (tertiary/aromatic N) is 1. The van der Waals surface area contributed by atoms with E-state index in [1.165, 1.54) is 6.92 Å². The first-order valence-electron chi connectivity index (χ1n) is 8.33. The largest absolute Gasteiger partial charge is 0.463 e. The molecule has 0 aliphatic carbocycles. The van der Waals surface area contributed by atoms with Crippen LogP contribution < -0.4 is 0 Å². The predicted molar refractivity (Wildman–Crippen MR) is 86.8 cm³/mol. The van der Waals surface area contributed by atoms with Crippen molar-refractivity contribution < 1.29 is 42.9 Å². The average Bonchev–Trinajstić information content (AvgIpc) is 2.54. The number of carbonyl (C=O) groups is 4. The Morgan fingerprint density at radius 3 is 1.74 bits per heavy atom. The zero-order valence-electron chi connectivity index (χ0n) is 15.6. The minimum atomic E-state index is -1.19. The fraction of sp³-hybridized carbons (Fsp3) is 0.706. The van der Waals surface area contributed by atoms with Crippen molar-refractivity contribution in [1.29, 1.82) is 5.26 Å². The van der Waals surface area contributed by atoms with Crippen molar-refractivity contribution in [2.24, 2.45) is 0 Å². The molecule has 0 spiro atoms. The maximum atomic E-state index is 11.6. The van der Waals surface area contributed by atoms with E-state index in [4.69, 9.17) is 28.9 Å². The summed E-state index contributed by atoms with van der Waals surface area (Å²) in [7, 11) is 0. The van der Waals surface area contributed by atoms with E-state index in [0.717, 1.165) is 20.8 Å². The van der Waals surface area contributed by atoms with Crippen LogP contribution in [0.2, 0.25) is 0 Å². The van der Waals surface area contributed by atoms with E-state index in [2.05, 4.69) is 0 Å². The molecule has 0 aromatic carbocycles. The van der Waals surface area contributed by atoms with Crippen molar-refractivity contribution in [3.63, 3.8) is 0 Å². The summed E-state index contributed by atoms with van der Waals surface area (Å²) < 4.78 is 26.5. The second-order valence-corrected chi connectivity index (χ2v) is 5.93. The molecule has 1 saturated heterocycles. The number of nitriles is 1. The molecule has 0 N–H and O–H groups in total. The number of esters is 4. The van der Waals surface area contributed by atoms with Gasteiger partial charge >= 0.3 is 23.9 Å².